The number of rotatable bonds is 7. The van der Waals surface area contributed by atoms with Crippen LogP contribution >= 0.6 is 0 Å². The number of nitriles is 1. The number of amides is 1. The molecule has 0 unspecified atom stereocenters. The van der Waals surface area contributed by atoms with Crippen molar-refractivity contribution in [3.8, 4) is 6.07 Å². The summed E-state index contributed by atoms with van der Waals surface area (Å²) >= 11 is 0. The average molecular weight is 435 g/mol. The largest absolute Gasteiger partial charge is 0.368 e. The fourth-order valence-corrected chi connectivity index (χ4v) is 5.04. The minimum absolute atomic E-state index is 0.164. The van der Waals surface area contributed by atoms with Gasteiger partial charge < -0.3 is 10.6 Å². The number of primary amides is 1. The molecule has 0 saturated carbocycles. The number of carbonyl (C=O) groups excluding carboxylic acids is 1. The summed E-state index contributed by atoms with van der Waals surface area (Å²) in [4.78, 5) is 16.3. The second-order valence-electron chi connectivity index (χ2n) is 8.76. The van der Waals surface area contributed by atoms with Gasteiger partial charge in [0.2, 0.25) is 5.91 Å². The Bertz CT molecular complexity index is 1050. The predicted molar refractivity (Wildman–Crippen MR) is 127 cm³/mol. The molecule has 2 heterocycles. The van der Waals surface area contributed by atoms with Gasteiger partial charge in [-0.2, -0.15) is 5.26 Å². The summed E-state index contributed by atoms with van der Waals surface area (Å²) in [5, 5.41) is 10.6. The van der Waals surface area contributed by atoms with Crippen LogP contribution < -0.4 is 5.73 Å². The molecule has 0 radical (unpaired) electrons. The van der Waals surface area contributed by atoms with Crippen molar-refractivity contribution >= 4 is 5.91 Å². The van der Waals surface area contributed by atoms with E-state index in [2.05, 4.69) is 11.0 Å². The first kappa shape index (κ1) is 17.8. The molecule has 2 aliphatic heterocycles. The molecular weight excluding hydrogens is 396 g/mol. The quantitative estimate of drug-likeness (QED) is 0.721. The number of hydrogen-bond donors (Lipinski definition) is 1. The molecule has 0 bridgehead atoms. The Balaban J connectivity index is 1.71. The van der Waals surface area contributed by atoms with Gasteiger partial charge in [-0.25, -0.2) is 0 Å². The second-order valence-corrected chi connectivity index (χ2v) is 8.76. The Kier molecular flexibility index (Phi) is 5.49. The first-order valence-corrected chi connectivity index (χ1v) is 11.5. The number of nitrogens with two attached hydrogens (primary N) is 1. The van der Waals surface area contributed by atoms with Gasteiger partial charge in [0.15, 0.2) is 0 Å². The maximum absolute atomic E-state index is 12.7. The summed E-state index contributed by atoms with van der Waals surface area (Å²) in [6.07, 6.45) is 1.13. The van der Waals surface area contributed by atoms with Crippen LogP contribution in [0.4, 0.5) is 0 Å². The van der Waals surface area contributed by atoms with Gasteiger partial charge in [-0.15, -0.1) is 0 Å². The van der Waals surface area contributed by atoms with Gasteiger partial charge >= 0.3 is 0 Å². The van der Waals surface area contributed by atoms with Crippen LogP contribution in [0, 0.1) is 11.3 Å². The van der Waals surface area contributed by atoms with Crippen molar-refractivity contribution in [2.45, 2.75) is 49.4 Å². The highest BCUT2D eigenvalue weighted by Gasteiger charge is 2.45. The number of carbonyl (C=O) groups is 1. The van der Waals surface area contributed by atoms with Crippen molar-refractivity contribution in [1.82, 2.24) is 9.80 Å². The number of likely N-dealkylation sites (tertiary alicyclic amines) is 2. The summed E-state index contributed by atoms with van der Waals surface area (Å²) in [7, 11) is 0. The second kappa shape index (κ2) is 9.85. The van der Waals surface area contributed by atoms with Gasteiger partial charge in [-0.3, -0.25) is 9.69 Å². The standard InChI is InChI=1S/C27H34N4O/c28-22-26(23-10-4-1-5-11-23,24-12-6-2-7-13-24)14-19-30-20-15-27(16-21-30,25(29)32)31-17-8-3-9-18-31/h1-2,4-7,10-13H,3,8-9,14-21H2,(H2,29,32)/i14D2,19D2. The SMILES string of the molecule is [2H]C([2H])(N1CCC(C(N)=O)(N2CCCCC2)CC1)C([2H])([2H])C(C#N)(c1ccccc1)c1ccccc1. The molecular formula is C27H34N4O. The van der Waals surface area contributed by atoms with Crippen LogP contribution in [-0.2, 0) is 10.2 Å². The van der Waals surface area contributed by atoms with Crippen LogP contribution in [0.3, 0.4) is 0 Å². The third-order valence-electron chi connectivity index (χ3n) is 6.99. The lowest BCUT2D eigenvalue weighted by molar-refractivity contribution is -0.135. The smallest absolute Gasteiger partial charge is 0.238 e. The Morgan fingerprint density at radius 3 is 1.97 bits per heavy atom. The van der Waals surface area contributed by atoms with Crippen molar-refractivity contribution < 1.29 is 10.3 Å². The van der Waals surface area contributed by atoms with Gasteiger partial charge in [-0.05, 0) is 56.3 Å². The van der Waals surface area contributed by atoms with Gasteiger partial charge in [0, 0.05) is 25.1 Å². The van der Waals surface area contributed by atoms with Crippen molar-refractivity contribution in [2.75, 3.05) is 32.7 Å². The maximum atomic E-state index is 12.7. The molecule has 2 N–H and O–H groups in total. The van der Waals surface area contributed by atoms with Crippen LogP contribution in [0.2, 0.25) is 0 Å². The monoisotopic (exact) mass is 434 g/mol. The molecule has 168 valence electrons. The lowest BCUT2D eigenvalue weighted by Crippen LogP contribution is -2.63. The molecule has 2 fully saturated rings. The minimum Gasteiger partial charge on any atom is -0.368 e. The normalized spacial score (nSPS) is 22.6. The van der Waals surface area contributed by atoms with E-state index in [4.69, 9.17) is 8.48 Å². The highest BCUT2D eigenvalue weighted by Crippen LogP contribution is 2.37. The molecule has 0 aliphatic carbocycles. The predicted octanol–water partition coefficient (Wildman–Crippen LogP) is 3.69. The van der Waals surface area contributed by atoms with Crippen molar-refractivity contribution in [1.29, 1.82) is 5.26 Å². The van der Waals surface area contributed by atoms with E-state index in [-0.39, 0.29) is 13.1 Å². The Morgan fingerprint density at radius 2 is 1.50 bits per heavy atom. The molecule has 2 saturated heterocycles. The summed E-state index contributed by atoms with van der Waals surface area (Å²) in [5.74, 6) is -0.396. The first-order valence-electron chi connectivity index (χ1n) is 13.5. The average Bonchev–Trinajstić information content (AvgIpc) is 2.91. The summed E-state index contributed by atoms with van der Waals surface area (Å²) < 4.78 is 36.7. The zero-order valence-corrected chi connectivity index (χ0v) is 18.5. The number of nitrogens with zero attached hydrogens (tertiary/aromatic N) is 3. The van der Waals surface area contributed by atoms with Gasteiger partial charge in [0.05, 0.1) is 6.07 Å². The number of piperidine rings is 2. The number of benzene rings is 2. The van der Waals surface area contributed by atoms with Gasteiger partial charge in [-0.1, -0.05) is 67.1 Å². The molecule has 5 heteroatoms. The minimum atomic E-state index is -2.64. The fourth-order valence-electron chi connectivity index (χ4n) is 5.04. The van der Waals surface area contributed by atoms with E-state index in [1.165, 1.54) is 4.90 Å². The fraction of sp³-hybridized carbons (Fsp3) is 0.481. The maximum Gasteiger partial charge on any atom is 0.238 e. The first-order chi connectivity index (χ1) is 17.1. The topological polar surface area (TPSA) is 73.4 Å². The van der Waals surface area contributed by atoms with E-state index in [1.54, 1.807) is 60.7 Å². The summed E-state index contributed by atoms with van der Waals surface area (Å²) in [6.45, 7) is -0.610. The lowest BCUT2D eigenvalue weighted by atomic mass is 9.73. The van der Waals surface area contributed by atoms with Crippen LogP contribution in [0.15, 0.2) is 60.7 Å². The van der Waals surface area contributed by atoms with Gasteiger partial charge in [0.1, 0.15) is 11.0 Å². The van der Waals surface area contributed by atoms with E-state index < -0.39 is 29.7 Å². The van der Waals surface area contributed by atoms with E-state index >= 15 is 0 Å². The van der Waals surface area contributed by atoms with E-state index in [0.29, 0.717) is 24.0 Å². The van der Waals surface area contributed by atoms with E-state index in [9.17, 15) is 12.8 Å². The van der Waals surface area contributed by atoms with E-state index in [0.717, 1.165) is 32.4 Å². The molecule has 5 nitrogen and oxygen atoms in total. The van der Waals surface area contributed by atoms with Crippen LogP contribution in [0.1, 0.15) is 55.1 Å². The summed E-state index contributed by atoms with van der Waals surface area (Å²) in [5.41, 5.74) is 3.95. The molecule has 0 atom stereocenters. The van der Waals surface area contributed by atoms with Crippen LogP contribution in [0.5, 0.6) is 0 Å². The highest BCUT2D eigenvalue weighted by molar-refractivity contribution is 5.84. The van der Waals surface area contributed by atoms with E-state index in [1.807, 2.05) is 0 Å². The Hall–Kier alpha value is -2.68. The van der Waals surface area contributed by atoms with Crippen LogP contribution in [0.25, 0.3) is 0 Å². The highest BCUT2D eigenvalue weighted by atomic mass is 16.1. The Morgan fingerprint density at radius 1 is 0.969 bits per heavy atom. The van der Waals surface area contributed by atoms with Crippen LogP contribution in [-0.4, -0.2) is 53.9 Å². The molecule has 0 aromatic heterocycles. The molecule has 4 rings (SSSR count). The van der Waals surface area contributed by atoms with Gasteiger partial charge in [0.25, 0.3) is 0 Å². The molecule has 32 heavy (non-hydrogen) atoms. The number of hydrogen-bond acceptors (Lipinski definition) is 4. The van der Waals surface area contributed by atoms with Crippen molar-refractivity contribution in [2.24, 2.45) is 5.73 Å². The van der Waals surface area contributed by atoms with Crippen molar-refractivity contribution in [3.63, 3.8) is 0 Å². The van der Waals surface area contributed by atoms with Crippen molar-refractivity contribution in [3.05, 3.63) is 71.8 Å². The zero-order chi connectivity index (χ0) is 26.0. The molecule has 2 aliphatic rings. The zero-order valence-electron chi connectivity index (χ0n) is 22.5. The third-order valence-corrected chi connectivity index (χ3v) is 6.99. The molecule has 0 spiro atoms. The molecule has 2 aromatic carbocycles. The molecule has 1 amide bonds. The Labute approximate surface area is 197 Å². The molecule has 2 aromatic rings. The summed E-state index contributed by atoms with van der Waals surface area (Å²) in [6, 6.07) is 19.4. The lowest BCUT2D eigenvalue weighted by Gasteiger charge is -2.48. The third kappa shape index (κ3) is 4.30.